The Hall–Kier alpha value is -2.30. The standard InChI is InChI=1S/C15H20N4O/c1-3-12(2)17-15(20)18-14-7-5-13(6-8-14)11-19-10-4-9-16-19/h4-10,12H,3,11H2,1-2H3,(H2,17,18,20). The summed E-state index contributed by atoms with van der Waals surface area (Å²) in [6, 6.07) is 9.67. The highest BCUT2D eigenvalue weighted by Gasteiger charge is 2.05. The SMILES string of the molecule is CCC(C)NC(=O)Nc1ccc(Cn2cccn2)cc1. The maximum absolute atomic E-state index is 11.7. The van der Waals surface area contributed by atoms with Gasteiger partial charge in [-0.3, -0.25) is 4.68 Å². The van der Waals surface area contributed by atoms with E-state index in [0.29, 0.717) is 0 Å². The Bertz CT molecular complexity index is 534. The van der Waals surface area contributed by atoms with Gasteiger partial charge >= 0.3 is 6.03 Å². The molecule has 1 atom stereocenters. The fourth-order valence-electron chi connectivity index (χ4n) is 1.77. The summed E-state index contributed by atoms with van der Waals surface area (Å²) < 4.78 is 1.86. The van der Waals surface area contributed by atoms with Crippen molar-refractivity contribution in [3.8, 4) is 0 Å². The Balaban J connectivity index is 1.89. The van der Waals surface area contributed by atoms with E-state index < -0.39 is 0 Å². The monoisotopic (exact) mass is 272 g/mol. The predicted octanol–water partition coefficient (Wildman–Crippen LogP) is 2.85. The summed E-state index contributed by atoms with van der Waals surface area (Å²) in [5, 5.41) is 9.85. The van der Waals surface area contributed by atoms with Crippen LogP contribution in [-0.4, -0.2) is 21.9 Å². The minimum Gasteiger partial charge on any atom is -0.335 e. The summed E-state index contributed by atoms with van der Waals surface area (Å²) in [4.78, 5) is 11.7. The minimum absolute atomic E-state index is 0.167. The van der Waals surface area contributed by atoms with Crippen molar-refractivity contribution in [3.05, 3.63) is 48.3 Å². The summed E-state index contributed by atoms with van der Waals surface area (Å²) in [7, 11) is 0. The maximum atomic E-state index is 11.7. The Labute approximate surface area is 119 Å². The van der Waals surface area contributed by atoms with Gasteiger partial charge in [0.15, 0.2) is 0 Å². The van der Waals surface area contributed by atoms with Crippen molar-refractivity contribution in [1.82, 2.24) is 15.1 Å². The van der Waals surface area contributed by atoms with E-state index in [-0.39, 0.29) is 12.1 Å². The van der Waals surface area contributed by atoms with Crippen LogP contribution in [0, 0.1) is 0 Å². The third kappa shape index (κ3) is 4.12. The number of rotatable bonds is 5. The number of carbonyl (C=O) groups excluding carboxylic acids is 1. The van der Waals surface area contributed by atoms with E-state index in [1.165, 1.54) is 0 Å². The quantitative estimate of drug-likeness (QED) is 0.879. The Kier molecular flexibility index (Phi) is 4.76. The zero-order valence-corrected chi connectivity index (χ0v) is 11.8. The summed E-state index contributed by atoms with van der Waals surface area (Å²) in [5.41, 5.74) is 1.93. The van der Waals surface area contributed by atoms with Gasteiger partial charge in [-0.2, -0.15) is 5.10 Å². The molecule has 0 aliphatic rings. The van der Waals surface area contributed by atoms with Crippen LogP contribution in [0.2, 0.25) is 0 Å². The highest BCUT2D eigenvalue weighted by Crippen LogP contribution is 2.10. The van der Waals surface area contributed by atoms with E-state index in [2.05, 4.69) is 15.7 Å². The van der Waals surface area contributed by atoms with Crippen LogP contribution in [0.25, 0.3) is 0 Å². The van der Waals surface area contributed by atoms with Crippen molar-refractivity contribution in [1.29, 1.82) is 0 Å². The molecule has 0 aliphatic carbocycles. The number of carbonyl (C=O) groups is 1. The molecule has 0 saturated heterocycles. The van der Waals surface area contributed by atoms with Gasteiger partial charge < -0.3 is 10.6 Å². The van der Waals surface area contributed by atoms with E-state index in [9.17, 15) is 4.79 Å². The molecule has 5 nitrogen and oxygen atoms in total. The van der Waals surface area contributed by atoms with E-state index in [0.717, 1.165) is 24.2 Å². The van der Waals surface area contributed by atoms with Gasteiger partial charge in [0.25, 0.3) is 0 Å². The second-order valence-electron chi connectivity index (χ2n) is 4.81. The zero-order chi connectivity index (χ0) is 14.4. The molecule has 5 heteroatoms. The number of aromatic nitrogens is 2. The first-order valence-electron chi connectivity index (χ1n) is 6.81. The molecule has 0 spiro atoms. The topological polar surface area (TPSA) is 59.0 Å². The number of hydrogen-bond donors (Lipinski definition) is 2. The van der Waals surface area contributed by atoms with Gasteiger partial charge in [-0.05, 0) is 37.1 Å². The van der Waals surface area contributed by atoms with Crippen LogP contribution in [0.1, 0.15) is 25.8 Å². The van der Waals surface area contributed by atoms with Gasteiger partial charge in [-0.1, -0.05) is 19.1 Å². The number of anilines is 1. The van der Waals surface area contributed by atoms with Gasteiger partial charge in [0.05, 0.1) is 6.54 Å². The molecule has 2 rings (SSSR count). The lowest BCUT2D eigenvalue weighted by Crippen LogP contribution is -2.35. The van der Waals surface area contributed by atoms with E-state index in [1.54, 1.807) is 6.20 Å². The first-order chi connectivity index (χ1) is 9.67. The van der Waals surface area contributed by atoms with Gasteiger partial charge in [-0.15, -0.1) is 0 Å². The fraction of sp³-hybridized carbons (Fsp3) is 0.333. The average molecular weight is 272 g/mol. The number of amides is 2. The molecule has 0 aliphatic heterocycles. The minimum atomic E-state index is -0.167. The van der Waals surface area contributed by atoms with E-state index in [4.69, 9.17) is 0 Å². The summed E-state index contributed by atoms with van der Waals surface area (Å²) in [5.74, 6) is 0. The molecule has 0 radical (unpaired) electrons. The third-order valence-corrected chi connectivity index (χ3v) is 3.11. The van der Waals surface area contributed by atoms with Crippen molar-refractivity contribution in [2.45, 2.75) is 32.9 Å². The van der Waals surface area contributed by atoms with Crippen molar-refractivity contribution < 1.29 is 4.79 Å². The lowest BCUT2D eigenvalue weighted by atomic mass is 10.2. The summed E-state index contributed by atoms with van der Waals surface area (Å²) >= 11 is 0. The van der Waals surface area contributed by atoms with E-state index in [1.807, 2.05) is 55.1 Å². The lowest BCUT2D eigenvalue weighted by Gasteiger charge is -2.12. The molecule has 2 aromatic rings. The molecular weight excluding hydrogens is 252 g/mol. The van der Waals surface area contributed by atoms with Gasteiger partial charge in [0.2, 0.25) is 0 Å². The summed E-state index contributed by atoms with van der Waals surface area (Å²) in [6.07, 6.45) is 4.59. The predicted molar refractivity (Wildman–Crippen MR) is 79.7 cm³/mol. The molecule has 2 amide bonds. The molecular formula is C15H20N4O. The first kappa shape index (κ1) is 14.1. The van der Waals surface area contributed by atoms with Crippen LogP contribution < -0.4 is 10.6 Å². The van der Waals surface area contributed by atoms with Crippen LogP contribution in [0.5, 0.6) is 0 Å². The molecule has 0 fully saturated rings. The highest BCUT2D eigenvalue weighted by atomic mass is 16.2. The molecule has 2 N–H and O–H groups in total. The molecule has 0 bridgehead atoms. The number of hydrogen-bond acceptors (Lipinski definition) is 2. The molecule has 106 valence electrons. The largest absolute Gasteiger partial charge is 0.335 e. The van der Waals surface area contributed by atoms with Crippen LogP contribution >= 0.6 is 0 Å². The zero-order valence-electron chi connectivity index (χ0n) is 11.8. The van der Waals surface area contributed by atoms with Crippen molar-refractivity contribution >= 4 is 11.7 Å². The van der Waals surface area contributed by atoms with E-state index >= 15 is 0 Å². The molecule has 0 saturated carbocycles. The number of nitrogens with one attached hydrogen (secondary N) is 2. The lowest BCUT2D eigenvalue weighted by molar-refractivity contribution is 0.249. The second-order valence-corrected chi connectivity index (χ2v) is 4.81. The maximum Gasteiger partial charge on any atom is 0.319 e. The molecule has 1 aromatic heterocycles. The smallest absolute Gasteiger partial charge is 0.319 e. The molecule has 1 aromatic carbocycles. The average Bonchev–Trinajstić information content (AvgIpc) is 2.93. The van der Waals surface area contributed by atoms with Gasteiger partial charge in [-0.25, -0.2) is 4.79 Å². The number of nitrogens with zero attached hydrogens (tertiary/aromatic N) is 2. The normalized spacial score (nSPS) is 11.9. The Morgan fingerprint density at radius 2 is 2.10 bits per heavy atom. The van der Waals surface area contributed by atoms with Crippen LogP contribution in [0.4, 0.5) is 10.5 Å². The fourth-order valence-corrected chi connectivity index (χ4v) is 1.77. The van der Waals surface area contributed by atoms with Gasteiger partial charge in [0, 0.05) is 24.1 Å². The van der Waals surface area contributed by atoms with Crippen molar-refractivity contribution in [2.24, 2.45) is 0 Å². The van der Waals surface area contributed by atoms with Crippen molar-refractivity contribution in [3.63, 3.8) is 0 Å². The molecule has 1 heterocycles. The van der Waals surface area contributed by atoms with Crippen LogP contribution in [0.15, 0.2) is 42.7 Å². The third-order valence-electron chi connectivity index (χ3n) is 3.11. The summed E-state index contributed by atoms with van der Waals surface area (Å²) in [6.45, 7) is 4.74. The Morgan fingerprint density at radius 1 is 1.35 bits per heavy atom. The molecule has 1 unspecified atom stereocenters. The van der Waals surface area contributed by atoms with Gasteiger partial charge in [0.1, 0.15) is 0 Å². The first-order valence-corrected chi connectivity index (χ1v) is 6.81. The number of benzene rings is 1. The van der Waals surface area contributed by atoms with Crippen molar-refractivity contribution in [2.75, 3.05) is 5.32 Å². The number of urea groups is 1. The van der Waals surface area contributed by atoms with Crippen LogP contribution in [-0.2, 0) is 6.54 Å². The van der Waals surface area contributed by atoms with Crippen LogP contribution in [0.3, 0.4) is 0 Å². The Morgan fingerprint density at radius 3 is 2.70 bits per heavy atom. The second kappa shape index (κ2) is 6.75. The highest BCUT2D eigenvalue weighted by molar-refractivity contribution is 5.89. The molecule has 20 heavy (non-hydrogen) atoms.